The van der Waals surface area contributed by atoms with Gasteiger partial charge in [0.25, 0.3) is 10.0 Å². The maximum Gasteiger partial charge on any atom is 0.268 e. The molecular formula is C33H20N6O4S. The quantitative estimate of drug-likeness (QED) is 0.223. The number of nitrogens with one attached hydrogen (secondary N) is 1. The SMILES string of the molecule is N#CCc1cccc2c1cc(C(=O)c1c[nH]n3c1nc1cc(Oc4cccc(C#N)c4)ccc13)n2S(=O)(=O)c1ccccc1. The van der Waals surface area contributed by atoms with E-state index in [9.17, 15) is 23.7 Å². The summed E-state index contributed by atoms with van der Waals surface area (Å²) in [5, 5.41) is 22.1. The van der Waals surface area contributed by atoms with Gasteiger partial charge in [0.1, 0.15) is 17.2 Å². The number of nitriles is 2. The number of nitrogens with zero attached hydrogens (tertiary/aromatic N) is 5. The lowest BCUT2D eigenvalue weighted by molar-refractivity contribution is 0.103. The third kappa shape index (κ3) is 4.28. The van der Waals surface area contributed by atoms with Crippen LogP contribution in [0.2, 0.25) is 0 Å². The zero-order valence-corrected chi connectivity index (χ0v) is 23.6. The molecule has 0 radical (unpaired) electrons. The van der Waals surface area contributed by atoms with Gasteiger partial charge >= 0.3 is 0 Å². The van der Waals surface area contributed by atoms with Gasteiger partial charge in [-0.2, -0.15) is 10.5 Å². The van der Waals surface area contributed by atoms with Gasteiger partial charge in [0, 0.05) is 17.6 Å². The van der Waals surface area contributed by atoms with E-state index >= 15 is 0 Å². The highest BCUT2D eigenvalue weighted by Gasteiger charge is 2.29. The van der Waals surface area contributed by atoms with Crippen LogP contribution >= 0.6 is 0 Å². The third-order valence-electron chi connectivity index (χ3n) is 7.32. The van der Waals surface area contributed by atoms with Crippen LogP contribution in [-0.2, 0) is 16.4 Å². The van der Waals surface area contributed by atoms with Crippen molar-refractivity contribution in [2.75, 3.05) is 0 Å². The number of benzene rings is 4. The van der Waals surface area contributed by atoms with E-state index in [0.29, 0.717) is 50.2 Å². The van der Waals surface area contributed by atoms with Gasteiger partial charge in [-0.3, -0.25) is 9.89 Å². The Bertz CT molecular complexity index is 2460. The first kappa shape index (κ1) is 26.7. The Labute approximate surface area is 250 Å². The van der Waals surface area contributed by atoms with E-state index in [4.69, 9.17) is 4.74 Å². The number of ether oxygens (including phenoxy) is 1. The summed E-state index contributed by atoms with van der Waals surface area (Å²) in [5.74, 6) is 0.419. The number of fused-ring (bicyclic) bond motifs is 4. The van der Waals surface area contributed by atoms with Crippen molar-refractivity contribution in [3.63, 3.8) is 0 Å². The molecular weight excluding hydrogens is 576 g/mol. The molecule has 0 aliphatic rings. The van der Waals surface area contributed by atoms with Gasteiger partial charge in [-0.05, 0) is 60.2 Å². The van der Waals surface area contributed by atoms with Crippen molar-refractivity contribution in [3.05, 3.63) is 126 Å². The van der Waals surface area contributed by atoms with Gasteiger partial charge in [-0.15, -0.1) is 0 Å². The van der Waals surface area contributed by atoms with Crippen LogP contribution in [0.1, 0.15) is 27.2 Å². The van der Waals surface area contributed by atoms with Gasteiger partial charge in [-0.1, -0.05) is 36.4 Å². The number of ketones is 1. The first-order valence-corrected chi connectivity index (χ1v) is 14.9. The summed E-state index contributed by atoms with van der Waals surface area (Å²) in [5.41, 5.74) is 2.98. The number of carbonyl (C=O) groups is 1. The van der Waals surface area contributed by atoms with Crippen molar-refractivity contribution in [3.8, 4) is 23.6 Å². The van der Waals surface area contributed by atoms with Crippen molar-refractivity contribution < 1.29 is 17.9 Å². The number of carbonyl (C=O) groups excluding carboxylic acids is 1. The highest BCUT2D eigenvalue weighted by Crippen LogP contribution is 2.32. The lowest BCUT2D eigenvalue weighted by atomic mass is 10.1. The predicted octanol–water partition coefficient (Wildman–Crippen LogP) is 5.97. The fourth-order valence-electron chi connectivity index (χ4n) is 5.32. The van der Waals surface area contributed by atoms with Crippen LogP contribution in [0.5, 0.6) is 11.5 Å². The average Bonchev–Trinajstić information content (AvgIpc) is 3.74. The molecule has 0 spiro atoms. The molecule has 10 nitrogen and oxygen atoms in total. The highest BCUT2D eigenvalue weighted by molar-refractivity contribution is 7.90. The van der Waals surface area contributed by atoms with Crippen LogP contribution in [0.3, 0.4) is 0 Å². The van der Waals surface area contributed by atoms with Gasteiger partial charge in [0.05, 0.1) is 51.1 Å². The lowest BCUT2D eigenvalue weighted by Gasteiger charge is -2.11. The van der Waals surface area contributed by atoms with E-state index < -0.39 is 15.8 Å². The molecule has 0 unspecified atom stereocenters. The number of imidazole rings is 1. The predicted molar refractivity (Wildman–Crippen MR) is 162 cm³/mol. The van der Waals surface area contributed by atoms with Gasteiger partial charge in [0.15, 0.2) is 5.65 Å². The molecule has 7 rings (SSSR count). The Balaban J connectivity index is 1.36. The zero-order chi connectivity index (χ0) is 30.4. The molecule has 11 heteroatoms. The Morgan fingerprint density at radius 1 is 0.886 bits per heavy atom. The second kappa shape index (κ2) is 10.3. The van der Waals surface area contributed by atoms with Crippen molar-refractivity contribution in [2.24, 2.45) is 0 Å². The highest BCUT2D eigenvalue weighted by atomic mass is 32.2. The molecule has 0 saturated carbocycles. The average molecular weight is 597 g/mol. The first-order valence-electron chi connectivity index (χ1n) is 13.4. The maximum atomic E-state index is 14.2. The van der Waals surface area contributed by atoms with Crippen LogP contribution in [0, 0.1) is 22.7 Å². The van der Waals surface area contributed by atoms with Gasteiger partial charge in [0.2, 0.25) is 5.78 Å². The topological polar surface area (TPSA) is 146 Å². The van der Waals surface area contributed by atoms with Crippen LogP contribution in [0.15, 0.2) is 108 Å². The summed E-state index contributed by atoms with van der Waals surface area (Å²) >= 11 is 0. The zero-order valence-electron chi connectivity index (χ0n) is 22.8. The molecule has 3 aromatic heterocycles. The monoisotopic (exact) mass is 596 g/mol. The molecule has 212 valence electrons. The summed E-state index contributed by atoms with van der Waals surface area (Å²) in [4.78, 5) is 18.9. The Morgan fingerprint density at radius 3 is 2.48 bits per heavy atom. The molecule has 0 aliphatic carbocycles. The van der Waals surface area contributed by atoms with Crippen LogP contribution in [0.4, 0.5) is 0 Å². The summed E-state index contributed by atoms with van der Waals surface area (Å²) in [6, 6.07) is 30.7. The fraction of sp³-hybridized carbons (Fsp3) is 0.0303. The van der Waals surface area contributed by atoms with Crippen molar-refractivity contribution >= 4 is 43.4 Å². The molecule has 0 bridgehead atoms. The standard InChI is InChI=1S/C33H20N6O4S/c34-15-14-22-7-5-11-29-26(22)18-31(39(29)44(41,42)25-9-2-1-3-10-25)32(40)27-20-36-38-30-13-12-24(17-28(30)37-33(27)38)43-23-8-4-6-21(16-23)19-35/h1-13,16-18,20,36H,14H2. The van der Waals surface area contributed by atoms with E-state index in [0.717, 1.165) is 3.97 Å². The van der Waals surface area contributed by atoms with Crippen molar-refractivity contribution in [1.82, 2.24) is 18.6 Å². The number of hydrogen-bond acceptors (Lipinski definition) is 7. The Morgan fingerprint density at radius 2 is 1.68 bits per heavy atom. The van der Waals surface area contributed by atoms with Crippen LogP contribution < -0.4 is 4.74 Å². The second-order valence-corrected chi connectivity index (χ2v) is 11.8. The number of hydrogen-bond donors (Lipinski definition) is 1. The fourth-order valence-corrected chi connectivity index (χ4v) is 6.85. The van der Waals surface area contributed by atoms with E-state index in [1.807, 2.05) is 0 Å². The molecule has 1 N–H and O–H groups in total. The molecule has 0 atom stereocenters. The lowest BCUT2D eigenvalue weighted by Crippen LogP contribution is -2.19. The van der Waals surface area contributed by atoms with Gasteiger partial charge in [-0.25, -0.2) is 21.9 Å². The first-order chi connectivity index (χ1) is 21.4. The summed E-state index contributed by atoms with van der Waals surface area (Å²) in [7, 11) is -4.20. The Hall–Kier alpha value is -6.17. The smallest absolute Gasteiger partial charge is 0.268 e. The molecule has 0 aliphatic heterocycles. The van der Waals surface area contributed by atoms with Gasteiger partial charge < -0.3 is 4.74 Å². The Kier molecular flexibility index (Phi) is 6.24. The minimum absolute atomic E-state index is 0.0239. The molecule has 44 heavy (non-hydrogen) atoms. The van der Waals surface area contributed by atoms with E-state index in [1.54, 1.807) is 83.4 Å². The second-order valence-electron chi connectivity index (χ2n) is 9.98. The normalized spacial score (nSPS) is 11.5. The maximum absolute atomic E-state index is 14.2. The molecule has 7 aromatic rings. The van der Waals surface area contributed by atoms with Crippen molar-refractivity contribution in [1.29, 1.82) is 10.5 Å². The van der Waals surface area contributed by atoms with Crippen molar-refractivity contribution in [2.45, 2.75) is 11.3 Å². The molecule has 0 saturated heterocycles. The van der Waals surface area contributed by atoms with E-state index in [2.05, 4.69) is 22.2 Å². The minimum atomic E-state index is -4.20. The number of H-pyrrole nitrogens is 1. The number of aromatic amines is 1. The van der Waals surface area contributed by atoms with E-state index in [1.165, 1.54) is 24.4 Å². The summed E-state index contributed by atoms with van der Waals surface area (Å²) in [6.07, 6.45) is 1.54. The van der Waals surface area contributed by atoms with Crippen LogP contribution in [0.25, 0.3) is 27.6 Å². The molecule has 0 amide bonds. The minimum Gasteiger partial charge on any atom is -0.457 e. The van der Waals surface area contributed by atoms with E-state index in [-0.39, 0.29) is 22.6 Å². The third-order valence-corrected chi connectivity index (χ3v) is 9.07. The molecule has 0 fully saturated rings. The largest absolute Gasteiger partial charge is 0.457 e. The molecule has 4 aromatic carbocycles. The number of aromatic nitrogens is 4. The van der Waals surface area contributed by atoms with Crippen LogP contribution in [-0.4, -0.2) is 32.8 Å². The summed E-state index contributed by atoms with van der Waals surface area (Å²) < 4.78 is 36.6. The molecule has 3 heterocycles. The summed E-state index contributed by atoms with van der Waals surface area (Å²) in [6.45, 7) is 0. The number of rotatable bonds is 7.